The Kier molecular flexibility index (Phi) is 2.21. The van der Waals surface area contributed by atoms with E-state index in [1.807, 2.05) is 18.2 Å². The van der Waals surface area contributed by atoms with E-state index in [0.717, 1.165) is 36.3 Å². The summed E-state index contributed by atoms with van der Waals surface area (Å²) in [6.45, 7) is 0.794. The van der Waals surface area contributed by atoms with E-state index in [2.05, 4.69) is 4.98 Å². The largest absolute Gasteiger partial charge is 0.296 e. The number of rotatable bonds is 1. The van der Waals surface area contributed by atoms with Crippen molar-refractivity contribution < 1.29 is 0 Å². The normalized spacial score (nSPS) is 14.3. The lowest BCUT2D eigenvalue weighted by molar-refractivity contribution is 0.719. The van der Waals surface area contributed by atoms with Crippen molar-refractivity contribution in [3.8, 4) is 0 Å². The quantitative estimate of drug-likeness (QED) is 0.709. The van der Waals surface area contributed by atoms with Crippen molar-refractivity contribution in [1.82, 2.24) is 9.55 Å². The van der Waals surface area contributed by atoms with Gasteiger partial charge in [-0.3, -0.25) is 9.36 Å². The van der Waals surface area contributed by atoms with Crippen LogP contribution >= 0.6 is 11.6 Å². The van der Waals surface area contributed by atoms with Crippen molar-refractivity contribution in [2.45, 2.75) is 25.3 Å². The standard InChI is InChI=1S/C12H11ClN2O/c13-7-8-3-4-10-9(6-8)12(16)15-5-1-2-11(15)14-10/h3-4,6H,1-2,5,7H2. The summed E-state index contributed by atoms with van der Waals surface area (Å²) in [4.78, 5) is 16.7. The molecule has 0 atom stereocenters. The fourth-order valence-electron chi connectivity index (χ4n) is 2.21. The zero-order valence-corrected chi connectivity index (χ0v) is 9.50. The van der Waals surface area contributed by atoms with Gasteiger partial charge in [0.1, 0.15) is 5.82 Å². The number of hydrogen-bond donors (Lipinski definition) is 0. The van der Waals surface area contributed by atoms with Gasteiger partial charge in [-0.15, -0.1) is 11.6 Å². The number of halogens is 1. The fraction of sp³-hybridized carbons (Fsp3) is 0.333. The van der Waals surface area contributed by atoms with Crippen molar-refractivity contribution in [3.63, 3.8) is 0 Å². The van der Waals surface area contributed by atoms with E-state index in [1.165, 1.54) is 0 Å². The Labute approximate surface area is 97.7 Å². The molecule has 1 aliphatic rings. The minimum Gasteiger partial charge on any atom is -0.296 e. The SMILES string of the molecule is O=c1c2cc(CCl)ccc2nc2n1CCC2. The summed E-state index contributed by atoms with van der Waals surface area (Å²) < 4.78 is 1.78. The number of aromatic nitrogens is 2. The Hall–Kier alpha value is -1.35. The van der Waals surface area contributed by atoms with Crippen molar-refractivity contribution in [2.75, 3.05) is 0 Å². The van der Waals surface area contributed by atoms with Gasteiger partial charge in [0.25, 0.3) is 5.56 Å². The van der Waals surface area contributed by atoms with Crippen LogP contribution < -0.4 is 5.56 Å². The smallest absolute Gasteiger partial charge is 0.261 e. The lowest BCUT2D eigenvalue weighted by Gasteiger charge is -2.05. The second kappa shape index (κ2) is 3.59. The Morgan fingerprint density at radius 3 is 3.12 bits per heavy atom. The van der Waals surface area contributed by atoms with E-state index in [9.17, 15) is 4.79 Å². The third kappa shape index (κ3) is 1.35. The molecule has 1 aliphatic heterocycles. The summed E-state index contributed by atoms with van der Waals surface area (Å²) in [7, 11) is 0. The Balaban J connectivity index is 2.38. The highest BCUT2D eigenvalue weighted by molar-refractivity contribution is 6.17. The van der Waals surface area contributed by atoms with Gasteiger partial charge < -0.3 is 0 Å². The summed E-state index contributed by atoms with van der Waals surface area (Å²) in [5.74, 6) is 1.34. The molecule has 0 aliphatic carbocycles. The molecule has 3 rings (SSSR count). The molecule has 82 valence electrons. The molecule has 0 radical (unpaired) electrons. The molecule has 2 heterocycles. The minimum absolute atomic E-state index is 0.0736. The van der Waals surface area contributed by atoms with Gasteiger partial charge in [-0.05, 0) is 24.1 Å². The van der Waals surface area contributed by atoms with Crippen LogP contribution in [0.5, 0.6) is 0 Å². The van der Waals surface area contributed by atoms with Gasteiger partial charge in [0, 0.05) is 18.8 Å². The summed E-state index contributed by atoms with van der Waals surface area (Å²) >= 11 is 5.77. The first-order valence-corrected chi connectivity index (χ1v) is 5.91. The predicted molar refractivity (Wildman–Crippen MR) is 63.9 cm³/mol. The van der Waals surface area contributed by atoms with Gasteiger partial charge in [0.15, 0.2) is 0 Å². The van der Waals surface area contributed by atoms with Crippen LogP contribution in [0.1, 0.15) is 17.8 Å². The lowest BCUT2D eigenvalue weighted by atomic mass is 10.1. The minimum atomic E-state index is 0.0736. The maximum Gasteiger partial charge on any atom is 0.261 e. The van der Waals surface area contributed by atoms with Gasteiger partial charge >= 0.3 is 0 Å². The highest BCUT2D eigenvalue weighted by Gasteiger charge is 2.15. The van der Waals surface area contributed by atoms with Crippen LogP contribution in [-0.2, 0) is 18.8 Å². The van der Waals surface area contributed by atoms with Gasteiger partial charge in [-0.25, -0.2) is 4.98 Å². The Morgan fingerprint density at radius 2 is 2.31 bits per heavy atom. The van der Waals surface area contributed by atoms with Crippen LogP contribution in [0.25, 0.3) is 10.9 Å². The first-order chi connectivity index (χ1) is 7.79. The third-order valence-electron chi connectivity index (χ3n) is 3.03. The average Bonchev–Trinajstić information content (AvgIpc) is 2.77. The van der Waals surface area contributed by atoms with Crippen molar-refractivity contribution in [1.29, 1.82) is 0 Å². The molecule has 0 N–H and O–H groups in total. The molecule has 1 aromatic carbocycles. The molecule has 0 saturated heterocycles. The van der Waals surface area contributed by atoms with E-state index in [1.54, 1.807) is 4.57 Å². The molecule has 0 saturated carbocycles. The summed E-state index contributed by atoms with van der Waals surface area (Å²) in [5, 5.41) is 0.684. The maximum atomic E-state index is 12.2. The van der Waals surface area contributed by atoms with Crippen LogP contribution in [-0.4, -0.2) is 9.55 Å². The number of nitrogens with zero attached hydrogens (tertiary/aromatic N) is 2. The number of aryl methyl sites for hydroxylation is 1. The van der Waals surface area contributed by atoms with E-state index in [0.29, 0.717) is 11.3 Å². The van der Waals surface area contributed by atoms with Crippen molar-refractivity contribution in [3.05, 3.63) is 39.9 Å². The highest BCUT2D eigenvalue weighted by Crippen LogP contribution is 2.16. The summed E-state index contributed by atoms with van der Waals surface area (Å²) in [5.41, 5.74) is 1.82. The van der Waals surface area contributed by atoms with Crippen LogP contribution in [0.4, 0.5) is 0 Å². The molecule has 2 aromatic rings. The molecule has 0 bridgehead atoms. The van der Waals surface area contributed by atoms with Crippen molar-refractivity contribution >= 4 is 22.5 Å². The van der Waals surface area contributed by atoms with Gasteiger partial charge in [0.2, 0.25) is 0 Å². The summed E-state index contributed by atoms with van der Waals surface area (Å²) in [6.07, 6.45) is 1.92. The molecule has 0 unspecified atom stereocenters. The zero-order valence-electron chi connectivity index (χ0n) is 8.74. The topological polar surface area (TPSA) is 34.9 Å². The van der Waals surface area contributed by atoms with E-state index < -0.39 is 0 Å². The number of hydrogen-bond acceptors (Lipinski definition) is 2. The van der Waals surface area contributed by atoms with E-state index in [-0.39, 0.29) is 5.56 Å². The molecule has 3 nitrogen and oxygen atoms in total. The first kappa shape index (κ1) is 9.85. The van der Waals surface area contributed by atoms with Crippen LogP contribution in [0.15, 0.2) is 23.0 Å². The lowest BCUT2D eigenvalue weighted by Crippen LogP contribution is -2.20. The number of benzene rings is 1. The monoisotopic (exact) mass is 234 g/mol. The molecule has 0 fully saturated rings. The maximum absolute atomic E-state index is 12.2. The molecular weight excluding hydrogens is 224 g/mol. The molecule has 4 heteroatoms. The first-order valence-electron chi connectivity index (χ1n) is 5.38. The number of alkyl halides is 1. The fourth-order valence-corrected chi connectivity index (χ4v) is 2.38. The van der Waals surface area contributed by atoms with Crippen LogP contribution in [0, 0.1) is 0 Å². The second-order valence-electron chi connectivity index (χ2n) is 4.07. The molecular formula is C12H11ClN2O. The number of fused-ring (bicyclic) bond motifs is 2. The zero-order chi connectivity index (χ0) is 11.1. The predicted octanol–water partition coefficient (Wildman–Crippen LogP) is 2.08. The molecule has 0 spiro atoms. The van der Waals surface area contributed by atoms with Crippen molar-refractivity contribution in [2.24, 2.45) is 0 Å². The average molecular weight is 235 g/mol. The van der Waals surface area contributed by atoms with E-state index >= 15 is 0 Å². The second-order valence-corrected chi connectivity index (χ2v) is 4.34. The summed E-state index contributed by atoms with van der Waals surface area (Å²) in [6, 6.07) is 5.66. The highest BCUT2D eigenvalue weighted by atomic mass is 35.5. The Morgan fingerprint density at radius 1 is 1.44 bits per heavy atom. The molecule has 1 aromatic heterocycles. The van der Waals surface area contributed by atoms with Gasteiger partial charge in [0.05, 0.1) is 10.9 Å². The Bertz CT molecular complexity index is 618. The molecule has 16 heavy (non-hydrogen) atoms. The van der Waals surface area contributed by atoms with Crippen LogP contribution in [0.2, 0.25) is 0 Å². The molecule has 0 amide bonds. The third-order valence-corrected chi connectivity index (χ3v) is 3.34. The van der Waals surface area contributed by atoms with Gasteiger partial charge in [-0.1, -0.05) is 6.07 Å². The van der Waals surface area contributed by atoms with Gasteiger partial charge in [-0.2, -0.15) is 0 Å². The van der Waals surface area contributed by atoms with Crippen LogP contribution in [0.3, 0.4) is 0 Å². The van der Waals surface area contributed by atoms with E-state index in [4.69, 9.17) is 11.6 Å².